The number of rotatable bonds is 6. The Morgan fingerprint density at radius 2 is 1.67 bits per heavy atom. The number of benzene rings is 2. The second-order valence-corrected chi connectivity index (χ2v) is 6.74. The molecule has 2 aromatic carbocycles. The van der Waals surface area contributed by atoms with Crippen molar-refractivity contribution in [2.75, 3.05) is 11.9 Å². The molecule has 0 fully saturated rings. The van der Waals surface area contributed by atoms with Crippen LogP contribution in [0.15, 0.2) is 91.3 Å². The Labute approximate surface area is 175 Å². The lowest BCUT2D eigenvalue weighted by Gasteiger charge is -2.19. The number of para-hydroxylation sites is 1. The summed E-state index contributed by atoms with van der Waals surface area (Å²) in [5.41, 5.74) is 3.05. The minimum absolute atomic E-state index is 0.263. The van der Waals surface area contributed by atoms with Gasteiger partial charge in [0, 0.05) is 43.3 Å². The van der Waals surface area contributed by atoms with E-state index in [9.17, 15) is 4.79 Å². The number of hydrogen-bond donors (Lipinski definition) is 1. The molecule has 6 nitrogen and oxygen atoms in total. The van der Waals surface area contributed by atoms with Gasteiger partial charge in [-0.2, -0.15) is 0 Å². The number of amides is 1. The molecule has 30 heavy (non-hydrogen) atoms. The topological polar surface area (TPSA) is 71.0 Å². The first-order chi connectivity index (χ1) is 14.7. The standard InChI is InChI=1S/C24H21N5O/c1-29(20-12-6-3-7-13-20)22-15-21(24(30)26-17-18-9-8-14-25-16-18)27-23(28-22)19-10-4-2-5-11-19/h2-16H,17H2,1H3,(H,26,30). The molecule has 0 aliphatic carbocycles. The molecule has 1 amide bonds. The Hall–Kier alpha value is -4.06. The van der Waals surface area contributed by atoms with E-state index in [2.05, 4.69) is 15.3 Å². The Bertz CT molecular complexity index is 1120. The molecule has 0 atom stereocenters. The minimum Gasteiger partial charge on any atom is -0.347 e. The van der Waals surface area contributed by atoms with E-state index >= 15 is 0 Å². The summed E-state index contributed by atoms with van der Waals surface area (Å²) in [7, 11) is 1.92. The Morgan fingerprint density at radius 1 is 0.933 bits per heavy atom. The molecule has 0 saturated carbocycles. The van der Waals surface area contributed by atoms with Gasteiger partial charge in [0.1, 0.15) is 11.5 Å². The molecule has 0 saturated heterocycles. The van der Waals surface area contributed by atoms with Crippen molar-refractivity contribution in [1.29, 1.82) is 0 Å². The molecule has 148 valence electrons. The number of carbonyl (C=O) groups excluding carboxylic acids is 1. The van der Waals surface area contributed by atoms with Gasteiger partial charge in [0.25, 0.3) is 5.91 Å². The van der Waals surface area contributed by atoms with E-state index in [1.807, 2.05) is 84.7 Å². The van der Waals surface area contributed by atoms with Crippen LogP contribution in [0.3, 0.4) is 0 Å². The summed E-state index contributed by atoms with van der Waals surface area (Å²) in [4.78, 5) is 28.1. The molecule has 4 rings (SSSR count). The van der Waals surface area contributed by atoms with Crippen LogP contribution in [-0.4, -0.2) is 27.9 Å². The number of nitrogens with zero attached hydrogens (tertiary/aromatic N) is 4. The number of aromatic nitrogens is 3. The van der Waals surface area contributed by atoms with Crippen molar-refractivity contribution in [2.24, 2.45) is 0 Å². The molecular weight excluding hydrogens is 374 g/mol. The summed E-state index contributed by atoms with van der Waals surface area (Å²) in [6.45, 7) is 0.376. The Kier molecular flexibility index (Phi) is 5.75. The third kappa shape index (κ3) is 4.50. The highest BCUT2D eigenvalue weighted by atomic mass is 16.1. The SMILES string of the molecule is CN(c1ccccc1)c1cc(C(=O)NCc2cccnc2)nc(-c2ccccc2)n1. The van der Waals surface area contributed by atoms with Gasteiger partial charge in [-0.1, -0.05) is 54.6 Å². The van der Waals surface area contributed by atoms with Crippen molar-refractivity contribution in [2.45, 2.75) is 6.54 Å². The van der Waals surface area contributed by atoms with E-state index in [-0.39, 0.29) is 5.91 Å². The maximum atomic E-state index is 12.9. The fraction of sp³-hybridized carbons (Fsp3) is 0.0833. The molecule has 0 aliphatic heterocycles. The zero-order chi connectivity index (χ0) is 20.8. The molecule has 0 bridgehead atoms. The van der Waals surface area contributed by atoms with E-state index in [1.54, 1.807) is 18.5 Å². The summed E-state index contributed by atoms with van der Waals surface area (Å²) >= 11 is 0. The van der Waals surface area contributed by atoms with Crippen LogP contribution in [0.5, 0.6) is 0 Å². The molecule has 2 aromatic heterocycles. The molecular formula is C24H21N5O. The average Bonchev–Trinajstić information content (AvgIpc) is 2.83. The predicted octanol–water partition coefficient (Wildman–Crippen LogP) is 4.24. The summed E-state index contributed by atoms with van der Waals surface area (Å²) in [5, 5.41) is 2.91. The third-order valence-electron chi connectivity index (χ3n) is 4.64. The van der Waals surface area contributed by atoms with E-state index in [1.165, 1.54) is 0 Å². The van der Waals surface area contributed by atoms with Crippen LogP contribution >= 0.6 is 0 Å². The summed E-state index contributed by atoms with van der Waals surface area (Å²) in [5.74, 6) is 0.880. The van der Waals surface area contributed by atoms with Crippen molar-refractivity contribution in [3.63, 3.8) is 0 Å². The highest BCUT2D eigenvalue weighted by Crippen LogP contribution is 2.25. The molecule has 0 unspecified atom stereocenters. The molecule has 0 aliphatic rings. The van der Waals surface area contributed by atoms with Crippen LogP contribution in [0.25, 0.3) is 11.4 Å². The quantitative estimate of drug-likeness (QED) is 0.529. The van der Waals surface area contributed by atoms with E-state index in [0.717, 1.165) is 16.8 Å². The monoisotopic (exact) mass is 395 g/mol. The first-order valence-electron chi connectivity index (χ1n) is 9.61. The predicted molar refractivity (Wildman–Crippen MR) is 117 cm³/mol. The van der Waals surface area contributed by atoms with Gasteiger partial charge >= 0.3 is 0 Å². The van der Waals surface area contributed by atoms with Crippen LogP contribution in [0.1, 0.15) is 16.1 Å². The molecule has 0 spiro atoms. The maximum Gasteiger partial charge on any atom is 0.270 e. The first kappa shape index (κ1) is 19.3. The van der Waals surface area contributed by atoms with Crippen molar-refractivity contribution < 1.29 is 4.79 Å². The van der Waals surface area contributed by atoms with Gasteiger partial charge in [0.15, 0.2) is 5.82 Å². The number of hydrogen-bond acceptors (Lipinski definition) is 5. The van der Waals surface area contributed by atoms with Crippen molar-refractivity contribution in [1.82, 2.24) is 20.3 Å². The van der Waals surface area contributed by atoms with Crippen molar-refractivity contribution >= 4 is 17.4 Å². The molecule has 6 heteroatoms. The first-order valence-corrected chi connectivity index (χ1v) is 9.61. The second kappa shape index (κ2) is 8.96. The number of pyridine rings is 1. The Morgan fingerprint density at radius 3 is 2.37 bits per heavy atom. The molecule has 1 N–H and O–H groups in total. The minimum atomic E-state index is -0.263. The van der Waals surface area contributed by atoms with Gasteiger partial charge in [0.05, 0.1) is 0 Å². The number of nitrogens with one attached hydrogen (secondary N) is 1. The Balaban J connectivity index is 1.67. The van der Waals surface area contributed by atoms with Gasteiger partial charge in [0.2, 0.25) is 0 Å². The maximum absolute atomic E-state index is 12.9. The third-order valence-corrected chi connectivity index (χ3v) is 4.64. The highest BCUT2D eigenvalue weighted by molar-refractivity contribution is 5.93. The van der Waals surface area contributed by atoms with Gasteiger partial charge in [-0.3, -0.25) is 9.78 Å². The van der Waals surface area contributed by atoms with E-state index in [0.29, 0.717) is 23.9 Å². The van der Waals surface area contributed by atoms with Gasteiger partial charge in [-0.25, -0.2) is 9.97 Å². The summed E-state index contributed by atoms with van der Waals surface area (Å²) in [6.07, 6.45) is 3.43. The average molecular weight is 395 g/mol. The fourth-order valence-electron chi connectivity index (χ4n) is 3.00. The van der Waals surface area contributed by atoms with Crippen LogP contribution in [-0.2, 0) is 6.54 Å². The van der Waals surface area contributed by atoms with Crippen molar-refractivity contribution in [3.8, 4) is 11.4 Å². The van der Waals surface area contributed by atoms with Gasteiger partial charge in [-0.15, -0.1) is 0 Å². The smallest absolute Gasteiger partial charge is 0.270 e. The van der Waals surface area contributed by atoms with E-state index in [4.69, 9.17) is 4.98 Å². The highest BCUT2D eigenvalue weighted by Gasteiger charge is 2.16. The zero-order valence-electron chi connectivity index (χ0n) is 16.6. The summed E-state index contributed by atoms with van der Waals surface area (Å²) < 4.78 is 0. The zero-order valence-corrected chi connectivity index (χ0v) is 16.6. The second-order valence-electron chi connectivity index (χ2n) is 6.74. The van der Waals surface area contributed by atoms with Gasteiger partial charge < -0.3 is 10.2 Å². The van der Waals surface area contributed by atoms with Crippen LogP contribution in [0, 0.1) is 0 Å². The lowest BCUT2D eigenvalue weighted by Crippen LogP contribution is -2.25. The lowest BCUT2D eigenvalue weighted by molar-refractivity contribution is 0.0946. The van der Waals surface area contributed by atoms with Crippen molar-refractivity contribution in [3.05, 3.63) is 103 Å². The molecule has 4 aromatic rings. The van der Waals surface area contributed by atoms with E-state index < -0.39 is 0 Å². The molecule has 0 radical (unpaired) electrons. The summed E-state index contributed by atoms with van der Waals surface area (Å²) in [6, 6.07) is 25.0. The normalized spacial score (nSPS) is 10.4. The fourth-order valence-corrected chi connectivity index (χ4v) is 3.00. The lowest BCUT2D eigenvalue weighted by atomic mass is 10.2. The van der Waals surface area contributed by atoms with Crippen LogP contribution in [0.2, 0.25) is 0 Å². The molecule has 2 heterocycles. The van der Waals surface area contributed by atoms with Crippen LogP contribution < -0.4 is 10.2 Å². The number of carbonyl (C=O) groups is 1. The number of anilines is 2. The van der Waals surface area contributed by atoms with Crippen LogP contribution in [0.4, 0.5) is 11.5 Å². The largest absolute Gasteiger partial charge is 0.347 e. The van der Waals surface area contributed by atoms with Gasteiger partial charge in [-0.05, 0) is 23.8 Å².